The summed E-state index contributed by atoms with van der Waals surface area (Å²) < 4.78 is 1.93. The third kappa shape index (κ3) is 5.16. The zero-order chi connectivity index (χ0) is 23.4. The highest BCUT2D eigenvalue weighted by atomic mass is 16.2. The summed E-state index contributed by atoms with van der Waals surface area (Å²) in [7, 11) is 0. The molecule has 1 aliphatic rings. The van der Waals surface area contributed by atoms with Crippen molar-refractivity contribution in [2.75, 3.05) is 18.4 Å². The molecule has 0 radical (unpaired) electrons. The van der Waals surface area contributed by atoms with E-state index in [2.05, 4.69) is 5.32 Å². The summed E-state index contributed by atoms with van der Waals surface area (Å²) in [6.45, 7) is 5.63. The van der Waals surface area contributed by atoms with Crippen molar-refractivity contribution in [3.63, 3.8) is 0 Å². The lowest BCUT2D eigenvalue weighted by molar-refractivity contribution is -0.131. The molecule has 0 unspecified atom stereocenters. The SMILES string of the molecule is CCN(CC)C(=O)Cn1ccc2cc(NC(=O)CCC(=O)c3ccc4c(c3)CCC4)ccc21. The second-order valence-electron chi connectivity index (χ2n) is 8.59. The molecule has 6 heteroatoms. The lowest BCUT2D eigenvalue weighted by atomic mass is 10.0. The quantitative estimate of drug-likeness (QED) is 0.489. The third-order valence-electron chi connectivity index (χ3n) is 6.48. The second kappa shape index (κ2) is 10.0. The van der Waals surface area contributed by atoms with E-state index in [0.29, 0.717) is 30.9 Å². The molecule has 1 heterocycles. The third-order valence-corrected chi connectivity index (χ3v) is 6.48. The molecule has 6 nitrogen and oxygen atoms in total. The van der Waals surface area contributed by atoms with Gasteiger partial charge in [-0.05, 0) is 74.6 Å². The van der Waals surface area contributed by atoms with E-state index in [-0.39, 0.29) is 30.4 Å². The van der Waals surface area contributed by atoms with Gasteiger partial charge in [-0.3, -0.25) is 14.4 Å². The molecule has 0 spiro atoms. The zero-order valence-corrected chi connectivity index (χ0v) is 19.4. The lowest BCUT2D eigenvalue weighted by Crippen LogP contribution is -2.33. The Morgan fingerprint density at radius 1 is 0.939 bits per heavy atom. The molecule has 0 fully saturated rings. The maximum Gasteiger partial charge on any atom is 0.242 e. The first kappa shape index (κ1) is 22.8. The Kier molecular flexibility index (Phi) is 6.92. The summed E-state index contributed by atoms with van der Waals surface area (Å²) in [5.74, 6) is -0.0897. The van der Waals surface area contributed by atoms with Gasteiger partial charge in [0.25, 0.3) is 0 Å². The number of benzene rings is 2. The van der Waals surface area contributed by atoms with Crippen LogP contribution in [0.15, 0.2) is 48.7 Å². The normalized spacial score (nSPS) is 12.5. The minimum atomic E-state index is -0.181. The standard InChI is InChI=1S/C27H31N3O3/c1-3-29(4-2)27(33)18-30-15-14-21-17-23(10-11-24(21)30)28-26(32)13-12-25(31)22-9-8-19-6-5-7-20(19)16-22/h8-11,14-17H,3-7,12-13,18H2,1-2H3,(H,28,32). The first-order valence-electron chi connectivity index (χ1n) is 11.8. The molecular weight excluding hydrogens is 414 g/mol. The number of aryl methyl sites for hydroxylation is 2. The van der Waals surface area contributed by atoms with E-state index in [1.807, 2.05) is 72.0 Å². The Labute approximate surface area is 194 Å². The van der Waals surface area contributed by atoms with Gasteiger partial charge in [0.15, 0.2) is 5.78 Å². The molecule has 2 amide bonds. The Balaban J connectivity index is 1.34. The van der Waals surface area contributed by atoms with Crippen LogP contribution in [0.3, 0.4) is 0 Å². The van der Waals surface area contributed by atoms with E-state index >= 15 is 0 Å². The minimum absolute atomic E-state index is 0.00486. The molecule has 0 aliphatic heterocycles. The predicted molar refractivity (Wildman–Crippen MR) is 131 cm³/mol. The van der Waals surface area contributed by atoms with E-state index in [1.165, 1.54) is 11.1 Å². The van der Waals surface area contributed by atoms with E-state index in [1.54, 1.807) is 0 Å². The number of fused-ring (bicyclic) bond motifs is 2. The smallest absolute Gasteiger partial charge is 0.242 e. The topological polar surface area (TPSA) is 71.4 Å². The summed E-state index contributed by atoms with van der Waals surface area (Å²) in [6.07, 6.45) is 5.50. The van der Waals surface area contributed by atoms with Crippen LogP contribution in [-0.4, -0.2) is 40.2 Å². The summed E-state index contributed by atoms with van der Waals surface area (Å²) in [5, 5.41) is 3.85. The largest absolute Gasteiger partial charge is 0.342 e. The number of nitrogens with zero attached hydrogens (tertiary/aromatic N) is 2. The van der Waals surface area contributed by atoms with Crippen LogP contribution in [0.2, 0.25) is 0 Å². The van der Waals surface area contributed by atoms with Gasteiger partial charge in [0.2, 0.25) is 11.8 Å². The van der Waals surface area contributed by atoms with Crippen LogP contribution in [-0.2, 0) is 29.0 Å². The van der Waals surface area contributed by atoms with Crippen molar-refractivity contribution < 1.29 is 14.4 Å². The number of rotatable bonds is 9. The van der Waals surface area contributed by atoms with Gasteiger partial charge in [-0.15, -0.1) is 0 Å². The molecule has 2 aromatic carbocycles. The number of aromatic nitrogens is 1. The molecule has 0 atom stereocenters. The Morgan fingerprint density at radius 2 is 1.73 bits per heavy atom. The molecule has 3 aromatic rings. The fraction of sp³-hybridized carbons (Fsp3) is 0.370. The molecule has 1 aliphatic carbocycles. The summed E-state index contributed by atoms with van der Waals surface area (Å²) >= 11 is 0. The van der Waals surface area contributed by atoms with Crippen LogP contribution in [0.4, 0.5) is 5.69 Å². The average Bonchev–Trinajstić information content (AvgIpc) is 3.44. The second-order valence-corrected chi connectivity index (χ2v) is 8.59. The molecule has 172 valence electrons. The maximum absolute atomic E-state index is 12.5. The number of hydrogen-bond acceptors (Lipinski definition) is 3. The molecule has 0 bridgehead atoms. The summed E-state index contributed by atoms with van der Waals surface area (Å²) in [5.41, 5.74) is 4.94. The highest BCUT2D eigenvalue weighted by Gasteiger charge is 2.16. The number of amides is 2. The molecule has 0 saturated carbocycles. The van der Waals surface area contributed by atoms with E-state index in [0.717, 1.165) is 30.2 Å². The molecular formula is C27H31N3O3. The van der Waals surface area contributed by atoms with Crippen LogP contribution in [0.1, 0.15) is 54.6 Å². The van der Waals surface area contributed by atoms with E-state index in [9.17, 15) is 14.4 Å². The number of carbonyl (C=O) groups excluding carboxylic acids is 3. The van der Waals surface area contributed by atoms with Crippen molar-refractivity contribution in [2.24, 2.45) is 0 Å². The number of anilines is 1. The number of Topliss-reactive ketones (excluding diaryl/α,β-unsaturated/α-hetero) is 1. The van der Waals surface area contributed by atoms with Crippen molar-refractivity contribution in [1.82, 2.24) is 9.47 Å². The average molecular weight is 446 g/mol. The maximum atomic E-state index is 12.5. The van der Waals surface area contributed by atoms with Gasteiger partial charge in [0, 0.05) is 54.3 Å². The minimum Gasteiger partial charge on any atom is -0.342 e. The van der Waals surface area contributed by atoms with Crippen molar-refractivity contribution in [3.05, 3.63) is 65.4 Å². The number of likely N-dealkylation sites (N-methyl/N-ethyl adjacent to an activating group) is 1. The molecule has 1 aromatic heterocycles. The molecule has 33 heavy (non-hydrogen) atoms. The van der Waals surface area contributed by atoms with Gasteiger partial charge < -0.3 is 14.8 Å². The number of hydrogen-bond donors (Lipinski definition) is 1. The summed E-state index contributed by atoms with van der Waals surface area (Å²) in [4.78, 5) is 39.2. The number of ketones is 1. The molecule has 1 N–H and O–H groups in total. The van der Waals surface area contributed by atoms with Gasteiger partial charge in [0.05, 0.1) is 0 Å². The summed E-state index contributed by atoms with van der Waals surface area (Å²) in [6, 6.07) is 13.5. The monoisotopic (exact) mass is 445 g/mol. The van der Waals surface area contributed by atoms with Gasteiger partial charge >= 0.3 is 0 Å². The Hall–Kier alpha value is -3.41. The van der Waals surface area contributed by atoms with Gasteiger partial charge in [0.1, 0.15) is 6.54 Å². The fourth-order valence-corrected chi connectivity index (χ4v) is 4.58. The van der Waals surface area contributed by atoms with Crippen LogP contribution >= 0.6 is 0 Å². The number of carbonyl (C=O) groups is 3. The van der Waals surface area contributed by atoms with Crippen molar-refractivity contribution in [1.29, 1.82) is 0 Å². The van der Waals surface area contributed by atoms with E-state index in [4.69, 9.17) is 0 Å². The van der Waals surface area contributed by atoms with Crippen LogP contribution < -0.4 is 5.32 Å². The van der Waals surface area contributed by atoms with Crippen LogP contribution in [0.25, 0.3) is 10.9 Å². The Morgan fingerprint density at radius 3 is 2.52 bits per heavy atom. The Bertz CT molecular complexity index is 1190. The first-order valence-corrected chi connectivity index (χ1v) is 11.8. The highest BCUT2D eigenvalue weighted by Crippen LogP contribution is 2.24. The van der Waals surface area contributed by atoms with Gasteiger partial charge in [-0.1, -0.05) is 12.1 Å². The molecule has 0 saturated heterocycles. The fourth-order valence-electron chi connectivity index (χ4n) is 4.58. The van der Waals surface area contributed by atoms with Gasteiger partial charge in [-0.25, -0.2) is 0 Å². The predicted octanol–water partition coefficient (Wildman–Crippen LogP) is 4.60. The first-order chi connectivity index (χ1) is 16.0. The van der Waals surface area contributed by atoms with Crippen LogP contribution in [0.5, 0.6) is 0 Å². The zero-order valence-electron chi connectivity index (χ0n) is 19.4. The van der Waals surface area contributed by atoms with Crippen molar-refractivity contribution in [2.45, 2.75) is 52.5 Å². The van der Waals surface area contributed by atoms with Gasteiger partial charge in [-0.2, -0.15) is 0 Å². The van der Waals surface area contributed by atoms with Crippen LogP contribution in [0, 0.1) is 0 Å². The molecule has 4 rings (SSSR count). The van der Waals surface area contributed by atoms with E-state index < -0.39 is 0 Å². The number of nitrogens with one attached hydrogen (secondary N) is 1. The van der Waals surface area contributed by atoms with Crippen molar-refractivity contribution in [3.8, 4) is 0 Å². The lowest BCUT2D eigenvalue weighted by Gasteiger charge is -2.19. The van der Waals surface area contributed by atoms with Crippen molar-refractivity contribution >= 4 is 34.2 Å². The highest BCUT2D eigenvalue weighted by molar-refractivity contribution is 6.00.